The lowest BCUT2D eigenvalue weighted by Crippen LogP contribution is -2.14. The fourth-order valence-corrected chi connectivity index (χ4v) is 4.68. The maximum absolute atomic E-state index is 13.2. The van der Waals surface area contributed by atoms with E-state index in [0.717, 1.165) is 28.7 Å². The molecular weight excluding hydrogens is 545 g/mol. The topological polar surface area (TPSA) is 156 Å². The molecule has 2 aromatic heterocycles. The Morgan fingerprint density at radius 3 is 2.60 bits per heavy atom. The summed E-state index contributed by atoms with van der Waals surface area (Å²) in [5.41, 5.74) is 1.30. The molecule has 3 N–H and O–H groups in total. The van der Waals surface area contributed by atoms with Gasteiger partial charge < -0.3 is 9.84 Å². The molecule has 0 radical (unpaired) electrons. The van der Waals surface area contributed by atoms with Crippen LogP contribution in [0.25, 0.3) is 22.4 Å². The molecule has 1 amide bonds. The minimum absolute atomic E-state index is 0.0626. The summed E-state index contributed by atoms with van der Waals surface area (Å²) in [6, 6.07) is 13.9. The number of nitrogens with one attached hydrogen (secondary N) is 3. The summed E-state index contributed by atoms with van der Waals surface area (Å²) in [4.78, 5) is 12.9. The molecule has 0 saturated heterocycles. The van der Waals surface area contributed by atoms with Crippen molar-refractivity contribution in [3.8, 4) is 11.4 Å². The van der Waals surface area contributed by atoms with Gasteiger partial charge in [-0.1, -0.05) is 21.1 Å². The molecule has 0 aliphatic rings. The zero-order chi connectivity index (χ0) is 24.6. The maximum atomic E-state index is 13.2. The third kappa shape index (κ3) is 4.61. The van der Waals surface area contributed by atoms with Gasteiger partial charge in [-0.3, -0.25) is 9.52 Å². The van der Waals surface area contributed by atoms with E-state index < -0.39 is 21.7 Å². The number of sulfonamides is 1. The summed E-state index contributed by atoms with van der Waals surface area (Å²) in [6.07, 6.45) is 0. The predicted molar refractivity (Wildman–Crippen MR) is 126 cm³/mol. The van der Waals surface area contributed by atoms with Crippen LogP contribution in [-0.4, -0.2) is 40.1 Å². The summed E-state index contributed by atoms with van der Waals surface area (Å²) in [6.45, 7) is 0. The van der Waals surface area contributed by atoms with E-state index in [1.807, 2.05) is 0 Å². The van der Waals surface area contributed by atoms with E-state index in [0.29, 0.717) is 17.1 Å². The molecule has 14 heteroatoms. The fourth-order valence-electron chi connectivity index (χ4n) is 3.27. The average molecular weight is 558 g/mol. The molecule has 176 valence electrons. The molecule has 0 atom stereocenters. The van der Waals surface area contributed by atoms with Crippen molar-refractivity contribution in [1.29, 1.82) is 0 Å². The molecule has 0 fully saturated rings. The van der Waals surface area contributed by atoms with Crippen LogP contribution in [0.5, 0.6) is 0 Å². The van der Waals surface area contributed by atoms with E-state index in [2.05, 4.69) is 51.7 Å². The summed E-state index contributed by atoms with van der Waals surface area (Å²) in [5.74, 6) is -0.818. The molecule has 0 saturated carbocycles. The largest absolute Gasteiger partial charge is 0.355 e. The number of hydrogen-bond donors (Lipinski definition) is 3. The molecule has 0 spiro atoms. The minimum atomic E-state index is -3.99. The standard InChI is InChI=1S/C21H13BrFN7O4S/c22-11-1-7-17(15(9-11)20-25-29-30-26-20)24-21(31)19-16-10-13(4-8-18(16)34-27-19)28-35(32,33)14-5-2-12(23)3-6-14/h1-10,28H,(H,24,31)(H,25,26,29,30). The molecule has 5 rings (SSSR count). The molecule has 5 aromatic rings. The number of aromatic amines is 1. The van der Waals surface area contributed by atoms with Crippen molar-refractivity contribution in [1.82, 2.24) is 25.8 Å². The van der Waals surface area contributed by atoms with Crippen LogP contribution in [0.15, 0.2) is 74.6 Å². The van der Waals surface area contributed by atoms with E-state index in [4.69, 9.17) is 4.52 Å². The normalized spacial score (nSPS) is 11.5. The fraction of sp³-hybridized carbons (Fsp3) is 0. The van der Waals surface area contributed by atoms with Crippen LogP contribution in [-0.2, 0) is 10.0 Å². The lowest BCUT2D eigenvalue weighted by molar-refractivity contribution is 0.102. The Bertz CT molecular complexity index is 1660. The smallest absolute Gasteiger partial charge is 0.278 e. The Morgan fingerprint density at radius 2 is 1.86 bits per heavy atom. The second kappa shape index (κ2) is 8.88. The summed E-state index contributed by atoms with van der Waals surface area (Å²) in [7, 11) is -3.99. The van der Waals surface area contributed by atoms with Gasteiger partial charge in [-0.15, -0.1) is 5.10 Å². The van der Waals surface area contributed by atoms with Crippen molar-refractivity contribution in [3.63, 3.8) is 0 Å². The number of rotatable bonds is 6. The zero-order valence-corrected chi connectivity index (χ0v) is 19.8. The molecule has 3 aromatic carbocycles. The number of fused-ring (bicyclic) bond motifs is 1. The highest BCUT2D eigenvalue weighted by molar-refractivity contribution is 9.10. The van der Waals surface area contributed by atoms with Crippen LogP contribution < -0.4 is 10.0 Å². The van der Waals surface area contributed by atoms with Gasteiger partial charge in [-0.25, -0.2) is 17.9 Å². The molecule has 35 heavy (non-hydrogen) atoms. The van der Waals surface area contributed by atoms with E-state index in [-0.39, 0.29) is 27.2 Å². The molecule has 0 aliphatic heterocycles. The maximum Gasteiger partial charge on any atom is 0.278 e. The number of carbonyl (C=O) groups excluding carboxylic acids is 1. The van der Waals surface area contributed by atoms with Gasteiger partial charge in [0.25, 0.3) is 15.9 Å². The SMILES string of the molecule is O=C(Nc1ccc(Br)cc1-c1nnn[nH]1)c1noc2ccc(NS(=O)(=O)c3ccc(F)cc3)cc12. The van der Waals surface area contributed by atoms with Crippen molar-refractivity contribution >= 4 is 54.2 Å². The van der Waals surface area contributed by atoms with Crippen molar-refractivity contribution in [2.24, 2.45) is 0 Å². The Morgan fingerprint density at radius 1 is 1.06 bits per heavy atom. The second-order valence-corrected chi connectivity index (χ2v) is 9.79. The highest BCUT2D eigenvalue weighted by Gasteiger charge is 2.21. The molecule has 11 nitrogen and oxygen atoms in total. The van der Waals surface area contributed by atoms with Crippen molar-refractivity contribution in [3.05, 3.63) is 76.6 Å². The zero-order valence-electron chi connectivity index (χ0n) is 17.4. The van der Waals surface area contributed by atoms with Crippen LogP contribution in [0.2, 0.25) is 0 Å². The Labute approximate surface area is 204 Å². The van der Waals surface area contributed by atoms with E-state index in [9.17, 15) is 17.6 Å². The van der Waals surface area contributed by atoms with Gasteiger partial charge in [-0.05, 0) is 71.1 Å². The first-order valence-corrected chi connectivity index (χ1v) is 12.1. The molecule has 0 bridgehead atoms. The summed E-state index contributed by atoms with van der Waals surface area (Å²) in [5, 5.41) is 20.5. The van der Waals surface area contributed by atoms with E-state index >= 15 is 0 Å². The van der Waals surface area contributed by atoms with Crippen molar-refractivity contribution < 1.29 is 22.1 Å². The van der Waals surface area contributed by atoms with Crippen LogP contribution >= 0.6 is 15.9 Å². The monoisotopic (exact) mass is 557 g/mol. The number of halogens is 2. The lowest BCUT2D eigenvalue weighted by atomic mass is 10.1. The predicted octanol–water partition coefficient (Wildman–Crippen LogP) is 3.96. The molecule has 0 unspecified atom stereocenters. The number of tetrazole rings is 1. The van der Waals surface area contributed by atoms with E-state index in [1.165, 1.54) is 18.2 Å². The number of aromatic nitrogens is 5. The van der Waals surface area contributed by atoms with Crippen molar-refractivity contribution in [2.75, 3.05) is 10.0 Å². The first kappa shape index (κ1) is 22.6. The van der Waals surface area contributed by atoms with Crippen LogP contribution in [0.4, 0.5) is 15.8 Å². The minimum Gasteiger partial charge on any atom is -0.355 e. The molecular formula is C21H13BrFN7O4S. The van der Waals surface area contributed by atoms with E-state index in [1.54, 1.807) is 18.2 Å². The Hall–Kier alpha value is -4.17. The lowest BCUT2D eigenvalue weighted by Gasteiger charge is -2.09. The van der Waals surface area contributed by atoms with Crippen molar-refractivity contribution in [2.45, 2.75) is 4.90 Å². The highest BCUT2D eigenvalue weighted by Crippen LogP contribution is 2.30. The molecule has 0 aliphatic carbocycles. The third-order valence-corrected chi connectivity index (χ3v) is 6.78. The van der Waals surface area contributed by atoms with Crippen LogP contribution in [0.1, 0.15) is 10.5 Å². The number of nitrogens with zero attached hydrogens (tertiary/aromatic N) is 4. The van der Waals surface area contributed by atoms with Gasteiger partial charge in [0.05, 0.1) is 16.0 Å². The first-order valence-electron chi connectivity index (χ1n) is 9.83. The third-order valence-electron chi connectivity index (χ3n) is 4.89. The van der Waals surface area contributed by atoms with Crippen LogP contribution in [0.3, 0.4) is 0 Å². The van der Waals surface area contributed by atoms with Gasteiger partial charge >= 0.3 is 0 Å². The average Bonchev–Trinajstić information content (AvgIpc) is 3.50. The molecule has 2 heterocycles. The van der Waals surface area contributed by atoms with Gasteiger partial charge in [0, 0.05) is 15.7 Å². The van der Waals surface area contributed by atoms with Crippen LogP contribution in [0, 0.1) is 5.82 Å². The number of benzene rings is 3. The second-order valence-electron chi connectivity index (χ2n) is 7.20. The van der Waals surface area contributed by atoms with Gasteiger partial charge in [0.2, 0.25) is 0 Å². The summed E-state index contributed by atoms with van der Waals surface area (Å²) < 4.78 is 46.8. The highest BCUT2D eigenvalue weighted by atomic mass is 79.9. The Kier molecular flexibility index (Phi) is 5.74. The van der Waals surface area contributed by atoms with Gasteiger partial charge in [0.15, 0.2) is 17.1 Å². The number of amides is 1. The van der Waals surface area contributed by atoms with Gasteiger partial charge in [-0.2, -0.15) is 0 Å². The quantitative estimate of drug-likeness (QED) is 0.283. The van der Waals surface area contributed by atoms with Gasteiger partial charge in [0.1, 0.15) is 5.82 Å². The summed E-state index contributed by atoms with van der Waals surface area (Å²) >= 11 is 3.37. The number of anilines is 2. The number of hydrogen-bond acceptors (Lipinski definition) is 8. The number of H-pyrrole nitrogens is 1. The number of carbonyl (C=O) groups is 1. The first-order chi connectivity index (χ1) is 16.8. The Balaban J connectivity index is 1.45.